The SMILES string of the molecule is COc1ccc(C(=O)N(C)CC(=O)N2N=C(c3ccccc3F)C[C@@H]2c2cc(OC)ccc2OC)cc1. The molecule has 0 unspecified atom stereocenters. The Morgan fingerprint density at radius 3 is 2.30 bits per heavy atom. The summed E-state index contributed by atoms with van der Waals surface area (Å²) in [7, 11) is 6.17. The highest BCUT2D eigenvalue weighted by molar-refractivity contribution is 6.04. The number of hydrogen-bond donors (Lipinski definition) is 0. The topological polar surface area (TPSA) is 80.7 Å². The number of hydrazone groups is 1. The molecule has 0 radical (unpaired) electrons. The molecule has 9 heteroatoms. The lowest BCUT2D eigenvalue weighted by molar-refractivity contribution is -0.133. The zero-order valence-corrected chi connectivity index (χ0v) is 21.1. The molecule has 3 aromatic carbocycles. The number of carbonyl (C=O) groups is 2. The van der Waals surface area contributed by atoms with E-state index in [9.17, 15) is 14.0 Å². The van der Waals surface area contributed by atoms with E-state index in [1.807, 2.05) is 0 Å². The summed E-state index contributed by atoms with van der Waals surface area (Å²) in [5, 5.41) is 5.83. The molecule has 0 aromatic heterocycles. The van der Waals surface area contributed by atoms with Gasteiger partial charge in [0.1, 0.15) is 29.6 Å². The number of carbonyl (C=O) groups excluding carboxylic acids is 2. The van der Waals surface area contributed by atoms with Gasteiger partial charge in [-0.05, 0) is 48.5 Å². The summed E-state index contributed by atoms with van der Waals surface area (Å²) in [6, 6.07) is 17.6. The molecule has 37 heavy (non-hydrogen) atoms. The van der Waals surface area contributed by atoms with Crippen molar-refractivity contribution in [1.82, 2.24) is 9.91 Å². The van der Waals surface area contributed by atoms with Crippen LogP contribution in [0.5, 0.6) is 17.2 Å². The van der Waals surface area contributed by atoms with Gasteiger partial charge in [0.25, 0.3) is 11.8 Å². The molecule has 0 fully saturated rings. The van der Waals surface area contributed by atoms with Gasteiger partial charge in [-0.25, -0.2) is 9.40 Å². The van der Waals surface area contributed by atoms with E-state index in [1.165, 1.54) is 23.1 Å². The second kappa shape index (κ2) is 11.1. The minimum atomic E-state index is -0.586. The van der Waals surface area contributed by atoms with E-state index in [2.05, 4.69) is 5.10 Å². The van der Waals surface area contributed by atoms with Crippen LogP contribution in [0.1, 0.15) is 33.9 Å². The van der Waals surface area contributed by atoms with Crippen LogP contribution < -0.4 is 14.2 Å². The fraction of sp³-hybridized carbons (Fsp3) is 0.250. The lowest BCUT2D eigenvalue weighted by atomic mass is 9.97. The first kappa shape index (κ1) is 25.7. The van der Waals surface area contributed by atoms with Gasteiger partial charge < -0.3 is 19.1 Å². The van der Waals surface area contributed by atoms with Crippen LogP contribution >= 0.6 is 0 Å². The molecule has 0 N–H and O–H groups in total. The van der Waals surface area contributed by atoms with Crippen molar-refractivity contribution in [2.24, 2.45) is 5.10 Å². The molecular weight excluding hydrogens is 477 g/mol. The number of ether oxygens (including phenoxy) is 3. The summed E-state index contributed by atoms with van der Waals surface area (Å²) in [5.74, 6) is 0.552. The molecule has 0 aliphatic carbocycles. The number of likely N-dealkylation sites (N-methyl/N-ethyl adjacent to an activating group) is 1. The Morgan fingerprint density at radius 1 is 0.973 bits per heavy atom. The van der Waals surface area contributed by atoms with Crippen molar-refractivity contribution < 1.29 is 28.2 Å². The van der Waals surface area contributed by atoms with Crippen LogP contribution in [0.3, 0.4) is 0 Å². The van der Waals surface area contributed by atoms with Crippen LogP contribution in [0.4, 0.5) is 4.39 Å². The van der Waals surface area contributed by atoms with E-state index >= 15 is 0 Å². The molecule has 0 spiro atoms. The number of methoxy groups -OCH3 is 3. The number of nitrogens with zero attached hydrogens (tertiary/aromatic N) is 3. The first-order chi connectivity index (χ1) is 17.9. The van der Waals surface area contributed by atoms with Crippen molar-refractivity contribution in [2.45, 2.75) is 12.5 Å². The largest absolute Gasteiger partial charge is 0.497 e. The minimum absolute atomic E-state index is 0.234. The number of halogens is 1. The van der Waals surface area contributed by atoms with Gasteiger partial charge in [0, 0.05) is 30.2 Å². The normalized spacial score (nSPS) is 14.7. The third-order valence-electron chi connectivity index (χ3n) is 6.20. The van der Waals surface area contributed by atoms with Gasteiger partial charge in [0.15, 0.2) is 0 Å². The highest BCUT2D eigenvalue weighted by Gasteiger charge is 2.36. The molecule has 1 aliphatic heterocycles. The summed E-state index contributed by atoms with van der Waals surface area (Å²) in [6.45, 7) is -0.234. The molecular formula is C28H28FN3O5. The van der Waals surface area contributed by atoms with E-state index < -0.39 is 17.8 Å². The van der Waals surface area contributed by atoms with E-state index in [-0.39, 0.29) is 18.9 Å². The van der Waals surface area contributed by atoms with Crippen LogP contribution in [-0.2, 0) is 4.79 Å². The maximum atomic E-state index is 14.6. The van der Waals surface area contributed by atoms with Gasteiger partial charge in [0.05, 0.1) is 33.1 Å². The first-order valence-corrected chi connectivity index (χ1v) is 11.6. The molecule has 192 valence electrons. The lowest BCUT2D eigenvalue weighted by Gasteiger charge is -2.26. The van der Waals surface area contributed by atoms with Gasteiger partial charge in [-0.1, -0.05) is 18.2 Å². The summed E-state index contributed by atoms with van der Waals surface area (Å²) >= 11 is 0. The van der Waals surface area contributed by atoms with Crippen molar-refractivity contribution in [2.75, 3.05) is 34.9 Å². The molecule has 8 nitrogen and oxygen atoms in total. The standard InChI is InChI=1S/C28H28FN3O5/c1-31(28(34)18-9-11-19(35-2)12-10-18)17-27(33)32-25(22-15-20(36-3)13-14-26(22)37-4)16-24(30-32)21-7-5-6-8-23(21)29/h5-15,25H,16-17H2,1-4H3/t25-/m1/s1. The smallest absolute Gasteiger partial charge is 0.262 e. The fourth-order valence-electron chi connectivity index (χ4n) is 4.24. The first-order valence-electron chi connectivity index (χ1n) is 11.6. The molecule has 1 heterocycles. The fourth-order valence-corrected chi connectivity index (χ4v) is 4.24. The van der Waals surface area contributed by atoms with Gasteiger partial charge in [0.2, 0.25) is 0 Å². The second-order valence-corrected chi connectivity index (χ2v) is 8.48. The Labute approximate surface area is 214 Å². The van der Waals surface area contributed by atoms with Crippen molar-refractivity contribution in [3.63, 3.8) is 0 Å². The van der Waals surface area contributed by atoms with E-state index in [0.717, 1.165) is 0 Å². The maximum Gasteiger partial charge on any atom is 0.262 e. The zero-order valence-electron chi connectivity index (χ0n) is 21.1. The third-order valence-corrected chi connectivity index (χ3v) is 6.20. The molecule has 3 aromatic rings. The molecule has 1 aliphatic rings. The molecule has 2 amide bonds. The highest BCUT2D eigenvalue weighted by atomic mass is 19.1. The van der Waals surface area contributed by atoms with E-state index in [0.29, 0.717) is 39.7 Å². The number of hydrogen-bond acceptors (Lipinski definition) is 6. The molecule has 0 saturated carbocycles. The quantitative estimate of drug-likeness (QED) is 0.456. The Kier molecular flexibility index (Phi) is 7.71. The highest BCUT2D eigenvalue weighted by Crippen LogP contribution is 2.39. The van der Waals surface area contributed by atoms with Crippen LogP contribution in [0, 0.1) is 5.82 Å². The van der Waals surface area contributed by atoms with Crippen molar-refractivity contribution >= 4 is 17.5 Å². The Morgan fingerprint density at radius 2 is 1.65 bits per heavy atom. The van der Waals surface area contributed by atoms with Crippen LogP contribution in [0.25, 0.3) is 0 Å². The van der Waals surface area contributed by atoms with Crippen molar-refractivity contribution in [3.05, 3.63) is 89.2 Å². The van der Waals surface area contributed by atoms with Gasteiger partial charge in [-0.15, -0.1) is 0 Å². The number of rotatable bonds is 8. The Bertz CT molecular complexity index is 1330. The molecule has 0 saturated heterocycles. The van der Waals surface area contributed by atoms with Crippen LogP contribution in [-0.4, -0.2) is 62.4 Å². The average molecular weight is 506 g/mol. The lowest BCUT2D eigenvalue weighted by Crippen LogP contribution is -2.39. The third kappa shape index (κ3) is 5.40. The molecule has 4 rings (SSSR count). The van der Waals surface area contributed by atoms with Gasteiger partial charge in [-0.2, -0.15) is 5.10 Å². The van der Waals surface area contributed by atoms with Crippen LogP contribution in [0.2, 0.25) is 0 Å². The maximum absolute atomic E-state index is 14.6. The zero-order chi connectivity index (χ0) is 26.5. The van der Waals surface area contributed by atoms with E-state index in [1.54, 1.807) is 81.9 Å². The number of benzene rings is 3. The predicted octanol–water partition coefficient (Wildman–Crippen LogP) is 4.30. The summed E-state index contributed by atoms with van der Waals surface area (Å²) in [4.78, 5) is 27.8. The van der Waals surface area contributed by atoms with Crippen molar-refractivity contribution in [1.29, 1.82) is 0 Å². The summed E-state index contributed by atoms with van der Waals surface area (Å²) < 4.78 is 30.7. The summed E-state index contributed by atoms with van der Waals surface area (Å²) in [6.07, 6.45) is 0.256. The average Bonchev–Trinajstić information content (AvgIpc) is 3.37. The Hall–Kier alpha value is -4.40. The second-order valence-electron chi connectivity index (χ2n) is 8.48. The molecule has 1 atom stereocenters. The Balaban J connectivity index is 1.65. The van der Waals surface area contributed by atoms with Crippen molar-refractivity contribution in [3.8, 4) is 17.2 Å². The van der Waals surface area contributed by atoms with E-state index in [4.69, 9.17) is 14.2 Å². The minimum Gasteiger partial charge on any atom is -0.497 e. The monoisotopic (exact) mass is 505 g/mol. The van der Waals surface area contributed by atoms with Gasteiger partial charge in [-0.3, -0.25) is 9.59 Å². The predicted molar refractivity (Wildman–Crippen MR) is 137 cm³/mol. The van der Waals surface area contributed by atoms with Crippen LogP contribution in [0.15, 0.2) is 71.8 Å². The molecule has 0 bridgehead atoms. The van der Waals surface area contributed by atoms with Gasteiger partial charge >= 0.3 is 0 Å². The summed E-state index contributed by atoms with van der Waals surface area (Å²) in [5.41, 5.74) is 1.81. The number of amides is 2.